The van der Waals surface area contributed by atoms with Gasteiger partial charge in [0.15, 0.2) is 0 Å². The highest BCUT2D eigenvalue weighted by molar-refractivity contribution is 6.34. The Morgan fingerprint density at radius 3 is 2.27 bits per heavy atom. The topological polar surface area (TPSA) is 49.7 Å². The van der Waals surface area contributed by atoms with Crippen molar-refractivity contribution >= 4 is 23.3 Å². The summed E-state index contributed by atoms with van der Waals surface area (Å²) in [6.07, 6.45) is 2.87. The molecule has 0 amide bonds. The third kappa shape index (κ3) is 5.61. The van der Waals surface area contributed by atoms with E-state index in [1.54, 1.807) is 0 Å². The van der Waals surface area contributed by atoms with Crippen LogP contribution in [0.5, 0.6) is 0 Å². The van der Waals surface area contributed by atoms with E-state index in [0.717, 1.165) is 19.1 Å². The van der Waals surface area contributed by atoms with Crippen molar-refractivity contribution in [1.29, 1.82) is 0 Å². The number of carbonyl (C=O) groups is 1. The van der Waals surface area contributed by atoms with Crippen LogP contribution in [-0.4, -0.2) is 16.8 Å². The maximum atomic E-state index is 9.00. The van der Waals surface area contributed by atoms with Crippen molar-refractivity contribution in [3.8, 4) is 0 Å². The molecule has 0 radical (unpaired) electrons. The number of halogens is 1. The summed E-state index contributed by atoms with van der Waals surface area (Å²) in [5.41, 5.74) is 1.10. The highest BCUT2D eigenvalue weighted by Gasteiger charge is 2.02. The molecule has 4 heteroatoms. The lowest BCUT2D eigenvalue weighted by atomic mass is 10.2. The van der Waals surface area contributed by atoms with Gasteiger partial charge in [0.2, 0.25) is 0 Å². The van der Waals surface area contributed by atoms with Gasteiger partial charge in [0.1, 0.15) is 5.16 Å². The maximum Gasteiger partial charge on any atom is 0.300 e. The molecule has 1 N–H and O–H groups in total. The van der Waals surface area contributed by atoms with Crippen molar-refractivity contribution < 1.29 is 9.90 Å². The lowest BCUT2D eigenvalue weighted by Gasteiger charge is -2.03. The molecule has 11 heavy (non-hydrogen) atoms. The maximum absolute atomic E-state index is 9.00. The summed E-state index contributed by atoms with van der Waals surface area (Å²) in [7, 11) is 0. The van der Waals surface area contributed by atoms with E-state index in [4.69, 9.17) is 21.5 Å². The molecule has 0 bridgehead atoms. The van der Waals surface area contributed by atoms with E-state index in [9.17, 15) is 0 Å². The van der Waals surface area contributed by atoms with E-state index in [1.807, 2.05) is 6.08 Å². The predicted octanol–water partition coefficient (Wildman–Crippen LogP) is 2.02. The minimum atomic E-state index is -0.833. The van der Waals surface area contributed by atoms with Crippen LogP contribution in [0.3, 0.4) is 0 Å². The summed E-state index contributed by atoms with van der Waals surface area (Å²) >= 11 is 5.40. The smallest absolute Gasteiger partial charge is 0.300 e. The molecule has 1 heterocycles. The first-order chi connectivity index (χ1) is 5.06. The summed E-state index contributed by atoms with van der Waals surface area (Å²) in [6, 6.07) is 0. The van der Waals surface area contributed by atoms with Crippen molar-refractivity contribution in [2.24, 2.45) is 4.99 Å². The van der Waals surface area contributed by atoms with Crippen molar-refractivity contribution in [3.05, 3.63) is 11.2 Å². The molecular formula is C7H10ClNO2. The molecule has 0 unspecified atom stereocenters. The Balaban J connectivity index is 0.000000218. The minimum Gasteiger partial charge on any atom is -0.481 e. The number of aliphatic imine (C=N–C) groups is 1. The zero-order valence-electron chi connectivity index (χ0n) is 6.47. The Morgan fingerprint density at radius 1 is 1.82 bits per heavy atom. The lowest BCUT2D eigenvalue weighted by molar-refractivity contribution is -0.134. The largest absolute Gasteiger partial charge is 0.481 e. The molecule has 0 aromatic heterocycles. The lowest BCUT2D eigenvalue weighted by Crippen LogP contribution is -1.98. The molecule has 0 saturated carbocycles. The number of aliphatic carboxylic acids is 1. The molecule has 0 atom stereocenters. The fourth-order valence-electron chi connectivity index (χ4n) is 0.454. The third-order valence-corrected chi connectivity index (χ3v) is 1.09. The monoisotopic (exact) mass is 175 g/mol. The third-order valence-electron chi connectivity index (χ3n) is 0.898. The molecule has 3 nitrogen and oxygen atoms in total. The van der Waals surface area contributed by atoms with Gasteiger partial charge >= 0.3 is 0 Å². The molecule has 0 aliphatic carbocycles. The SMILES string of the molecule is CC(=O)O.CCC1=NC(Cl)=C1. The number of nitrogens with zero attached hydrogens (tertiary/aromatic N) is 1. The Hall–Kier alpha value is -0.830. The number of hydrogen-bond acceptors (Lipinski definition) is 2. The van der Waals surface area contributed by atoms with Crippen LogP contribution in [-0.2, 0) is 4.79 Å². The molecule has 62 valence electrons. The molecule has 0 spiro atoms. The highest BCUT2D eigenvalue weighted by Crippen LogP contribution is 2.14. The molecule has 0 aromatic rings. The Labute approximate surface area is 70.4 Å². The zero-order valence-corrected chi connectivity index (χ0v) is 7.22. The van der Waals surface area contributed by atoms with Gasteiger partial charge in [0.05, 0.1) is 0 Å². The van der Waals surface area contributed by atoms with Crippen LogP contribution < -0.4 is 0 Å². The van der Waals surface area contributed by atoms with E-state index < -0.39 is 5.97 Å². The number of allylic oxidation sites excluding steroid dienone is 1. The number of carboxylic acid groups (broad SMARTS) is 1. The molecule has 1 rings (SSSR count). The summed E-state index contributed by atoms with van der Waals surface area (Å²) in [5, 5.41) is 8.05. The van der Waals surface area contributed by atoms with Crippen LogP contribution in [0, 0.1) is 0 Å². The standard InChI is InChI=1S/C5H6ClN.C2H4O2/c1-2-4-3-5(6)7-4;1-2(3)4/h3H,2H2,1H3;1H3,(H,3,4). The predicted molar refractivity (Wildman–Crippen MR) is 45.0 cm³/mol. The molecular weight excluding hydrogens is 166 g/mol. The Bertz CT molecular complexity index is 204. The van der Waals surface area contributed by atoms with Gasteiger partial charge in [0.25, 0.3) is 5.97 Å². The van der Waals surface area contributed by atoms with E-state index in [-0.39, 0.29) is 0 Å². The number of carboxylic acids is 1. The van der Waals surface area contributed by atoms with Crippen LogP contribution in [0.15, 0.2) is 16.2 Å². The van der Waals surface area contributed by atoms with Crippen molar-refractivity contribution in [3.63, 3.8) is 0 Å². The first kappa shape index (κ1) is 10.2. The summed E-state index contributed by atoms with van der Waals surface area (Å²) in [5.74, 6) is -0.833. The van der Waals surface area contributed by atoms with Gasteiger partial charge in [-0.15, -0.1) is 0 Å². The van der Waals surface area contributed by atoms with Gasteiger partial charge in [-0.3, -0.25) is 4.79 Å². The second kappa shape index (κ2) is 4.91. The van der Waals surface area contributed by atoms with Gasteiger partial charge in [0, 0.05) is 12.6 Å². The average molecular weight is 176 g/mol. The zero-order chi connectivity index (χ0) is 8.85. The van der Waals surface area contributed by atoms with Crippen LogP contribution >= 0.6 is 11.6 Å². The van der Waals surface area contributed by atoms with Crippen molar-refractivity contribution in [2.75, 3.05) is 0 Å². The average Bonchev–Trinajstić information content (AvgIpc) is 1.79. The second-order valence-electron chi connectivity index (χ2n) is 1.94. The summed E-state index contributed by atoms with van der Waals surface area (Å²) in [6.45, 7) is 3.14. The molecule has 0 fully saturated rings. The first-order valence-electron chi connectivity index (χ1n) is 3.20. The normalized spacial score (nSPS) is 13.4. The van der Waals surface area contributed by atoms with Crippen molar-refractivity contribution in [2.45, 2.75) is 20.3 Å². The van der Waals surface area contributed by atoms with E-state index in [0.29, 0.717) is 5.16 Å². The molecule has 1 aliphatic rings. The van der Waals surface area contributed by atoms with Gasteiger partial charge in [-0.2, -0.15) is 0 Å². The second-order valence-corrected chi connectivity index (χ2v) is 2.33. The first-order valence-corrected chi connectivity index (χ1v) is 3.58. The molecule has 0 saturated heterocycles. The quantitative estimate of drug-likeness (QED) is 0.620. The van der Waals surface area contributed by atoms with Gasteiger partial charge < -0.3 is 5.11 Å². The van der Waals surface area contributed by atoms with E-state index >= 15 is 0 Å². The van der Waals surface area contributed by atoms with Gasteiger partial charge in [-0.25, -0.2) is 4.99 Å². The van der Waals surface area contributed by atoms with Gasteiger partial charge in [-0.05, 0) is 12.5 Å². The van der Waals surface area contributed by atoms with Crippen LogP contribution in [0.2, 0.25) is 0 Å². The fraction of sp³-hybridized carbons (Fsp3) is 0.429. The van der Waals surface area contributed by atoms with Crippen LogP contribution in [0.4, 0.5) is 0 Å². The summed E-state index contributed by atoms with van der Waals surface area (Å²) in [4.78, 5) is 12.9. The molecule has 1 aliphatic heterocycles. The van der Waals surface area contributed by atoms with Crippen LogP contribution in [0.1, 0.15) is 20.3 Å². The number of rotatable bonds is 1. The van der Waals surface area contributed by atoms with Crippen molar-refractivity contribution in [1.82, 2.24) is 0 Å². The summed E-state index contributed by atoms with van der Waals surface area (Å²) < 4.78 is 0. The van der Waals surface area contributed by atoms with Gasteiger partial charge in [-0.1, -0.05) is 18.5 Å². The Morgan fingerprint density at radius 2 is 2.18 bits per heavy atom. The minimum absolute atomic E-state index is 0.636. The molecule has 0 aromatic carbocycles. The van der Waals surface area contributed by atoms with Crippen LogP contribution in [0.25, 0.3) is 0 Å². The fourth-order valence-corrected chi connectivity index (χ4v) is 0.689. The van der Waals surface area contributed by atoms with E-state index in [2.05, 4.69) is 11.9 Å². The Kier molecular flexibility index (Phi) is 4.54. The van der Waals surface area contributed by atoms with E-state index in [1.165, 1.54) is 0 Å². The highest BCUT2D eigenvalue weighted by atomic mass is 35.5. The number of hydrogen-bond donors (Lipinski definition) is 1.